The number of carbonyl (C=O) groups excluding carboxylic acids is 1. The van der Waals surface area contributed by atoms with Gasteiger partial charge in [0.05, 0.1) is 22.5 Å². The van der Waals surface area contributed by atoms with Crippen molar-refractivity contribution in [3.8, 4) is 6.07 Å². The van der Waals surface area contributed by atoms with Crippen molar-refractivity contribution in [3.05, 3.63) is 23.8 Å². The third kappa shape index (κ3) is 4.74. The first-order valence-corrected chi connectivity index (χ1v) is 8.66. The molecular formula is C13H17N3O3S2. The van der Waals surface area contributed by atoms with Crippen molar-refractivity contribution in [3.63, 3.8) is 0 Å². The van der Waals surface area contributed by atoms with Crippen molar-refractivity contribution in [2.75, 3.05) is 30.9 Å². The van der Waals surface area contributed by atoms with Gasteiger partial charge in [0.25, 0.3) is 0 Å². The summed E-state index contributed by atoms with van der Waals surface area (Å²) >= 11 is 1.20. The Kier molecular flexibility index (Phi) is 6.20. The lowest BCUT2D eigenvalue weighted by Crippen LogP contribution is -2.23. The van der Waals surface area contributed by atoms with E-state index < -0.39 is 10.0 Å². The highest BCUT2D eigenvalue weighted by Crippen LogP contribution is 2.22. The number of benzene rings is 1. The van der Waals surface area contributed by atoms with Crippen molar-refractivity contribution >= 4 is 33.4 Å². The summed E-state index contributed by atoms with van der Waals surface area (Å²) in [5.74, 6) is 0.117. The highest BCUT2D eigenvalue weighted by atomic mass is 32.2. The highest BCUT2D eigenvalue weighted by Gasteiger charge is 2.20. The van der Waals surface area contributed by atoms with Crippen LogP contribution in [0.3, 0.4) is 0 Å². The van der Waals surface area contributed by atoms with Gasteiger partial charge in [-0.3, -0.25) is 4.79 Å². The minimum absolute atomic E-state index is 0.150. The molecule has 0 aliphatic rings. The van der Waals surface area contributed by atoms with E-state index in [1.807, 2.05) is 6.07 Å². The van der Waals surface area contributed by atoms with Gasteiger partial charge >= 0.3 is 0 Å². The third-order valence-corrected chi connectivity index (χ3v) is 5.39. The number of thioether (sulfide) groups is 1. The molecule has 0 saturated carbocycles. The average molecular weight is 327 g/mol. The number of nitrogens with one attached hydrogen (secondary N) is 1. The molecule has 0 heterocycles. The smallest absolute Gasteiger partial charge is 0.242 e. The number of rotatable bonds is 6. The van der Waals surface area contributed by atoms with Crippen LogP contribution in [0.25, 0.3) is 0 Å². The van der Waals surface area contributed by atoms with Crippen LogP contribution in [-0.4, -0.2) is 44.2 Å². The van der Waals surface area contributed by atoms with Gasteiger partial charge in [0.15, 0.2) is 0 Å². The van der Waals surface area contributed by atoms with E-state index >= 15 is 0 Å². The van der Waals surface area contributed by atoms with E-state index in [9.17, 15) is 13.2 Å². The normalized spacial score (nSPS) is 11.2. The standard InChI is InChI=1S/C13H17N3O3S2/c1-10-4-5-11(15-13(17)9-20-7-6-14)8-12(10)21(18,19)16(2)3/h4-5,8H,7,9H2,1-3H3,(H,15,17). The monoisotopic (exact) mass is 327 g/mol. The van der Waals surface area contributed by atoms with Crippen molar-refractivity contribution in [2.24, 2.45) is 0 Å². The fourth-order valence-electron chi connectivity index (χ4n) is 1.54. The van der Waals surface area contributed by atoms with Gasteiger partial charge in [-0.1, -0.05) is 6.07 Å². The Morgan fingerprint density at radius 2 is 2.10 bits per heavy atom. The summed E-state index contributed by atoms with van der Waals surface area (Å²) in [7, 11) is -0.639. The van der Waals surface area contributed by atoms with Crippen LogP contribution in [0.1, 0.15) is 5.56 Å². The van der Waals surface area contributed by atoms with Crippen molar-refractivity contribution in [2.45, 2.75) is 11.8 Å². The van der Waals surface area contributed by atoms with Crippen LogP contribution in [0.15, 0.2) is 23.1 Å². The number of hydrogen-bond donors (Lipinski definition) is 1. The maximum atomic E-state index is 12.2. The summed E-state index contributed by atoms with van der Waals surface area (Å²) in [6.45, 7) is 1.70. The van der Waals surface area contributed by atoms with Crippen LogP contribution in [-0.2, 0) is 14.8 Å². The van der Waals surface area contributed by atoms with Gasteiger partial charge in [-0.2, -0.15) is 5.26 Å². The number of carbonyl (C=O) groups is 1. The Hall–Kier alpha value is -1.56. The fraction of sp³-hybridized carbons (Fsp3) is 0.385. The first-order valence-electron chi connectivity index (χ1n) is 6.06. The second-order valence-electron chi connectivity index (χ2n) is 4.47. The van der Waals surface area contributed by atoms with E-state index in [-0.39, 0.29) is 22.3 Å². The predicted octanol–water partition coefficient (Wildman–Crippen LogP) is 1.44. The number of amides is 1. The van der Waals surface area contributed by atoms with Crippen molar-refractivity contribution in [1.29, 1.82) is 5.26 Å². The molecule has 0 saturated heterocycles. The molecule has 1 aromatic rings. The average Bonchev–Trinajstić information content (AvgIpc) is 2.41. The van der Waals surface area contributed by atoms with Gasteiger partial charge in [0, 0.05) is 19.8 Å². The Bertz CT molecular complexity index is 664. The molecule has 6 nitrogen and oxygen atoms in total. The van der Waals surface area contributed by atoms with Crippen molar-refractivity contribution in [1.82, 2.24) is 4.31 Å². The van der Waals surface area contributed by atoms with E-state index in [2.05, 4.69) is 5.32 Å². The van der Waals surface area contributed by atoms with E-state index in [0.717, 1.165) is 4.31 Å². The second kappa shape index (κ2) is 7.45. The van der Waals surface area contributed by atoms with Gasteiger partial charge in [-0.15, -0.1) is 11.8 Å². The fourth-order valence-corrected chi connectivity index (χ4v) is 3.13. The lowest BCUT2D eigenvalue weighted by atomic mass is 10.2. The molecule has 1 amide bonds. The summed E-state index contributed by atoms with van der Waals surface area (Å²) < 4.78 is 25.5. The molecule has 0 atom stereocenters. The molecule has 0 aromatic heterocycles. The maximum Gasteiger partial charge on any atom is 0.242 e. The zero-order chi connectivity index (χ0) is 16.0. The molecule has 0 bridgehead atoms. The minimum atomic E-state index is -3.55. The summed E-state index contributed by atoms with van der Waals surface area (Å²) in [4.78, 5) is 11.8. The molecule has 114 valence electrons. The summed E-state index contributed by atoms with van der Waals surface area (Å²) in [6, 6.07) is 6.67. The molecule has 0 aliphatic heterocycles. The highest BCUT2D eigenvalue weighted by molar-refractivity contribution is 8.00. The lowest BCUT2D eigenvalue weighted by molar-refractivity contribution is -0.113. The zero-order valence-electron chi connectivity index (χ0n) is 12.1. The van der Waals surface area contributed by atoms with Crippen LogP contribution >= 0.6 is 11.8 Å². The SMILES string of the molecule is Cc1ccc(NC(=O)CSCC#N)cc1S(=O)(=O)N(C)C. The zero-order valence-corrected chi connectivity index (χ0v) is 13.7. The molecule has 0 unspecified atom stereocenters. The van der Waals surface area contributed by atoms with Gasteiger partial charge in [0.2, 0.25) is 15.9 Å². The first kappa shape index (κ1) is 17.5. The summed E-state index contributed by atoms with van der Waals surface area (Å²) in [6.07, 6.45) is 0. The second-order valence-corrected chi connectivity index (χ2v) is 7.57. The number of anilines is 1. The lowest BCUT2D eigenvalue weighted by Gasteiger charge is -2.15. The summed E-state index contributed by atoms with van der Waals surface area (Å²) in [5, 5.41) is 11.0. The van der Waals surface area contributed by atoms with Gasteiger partial charge in [-0.25, -0.2) is 12.7 Å². The van der Waals surface area contributed by atoms with Crippen LogP contribution in [0, 0.1) is 18.3 Å². The molecule has 8 heteroatoms. The Morgan fingerprint density at radius 1 is 1.43 bits per heavy atom. The quantitative estimate of drug-likeness (QED) is 0.799. The number of sulfonamides is 1. The molecule has 1 aromatic carbocycles. The van der Waals surface area contributed by atoms with Crippen LogP contribution < -0.4 is 5.32 Å². The molecule has 0 spiro atoms. The molecule has 0 fully saturated rings. The van der Waals surface area contributed by atoms with Crippen LogP contribution in [0.4, 0.5) is 5.69 Å². The topological polar surface area (TPSA) is 90.3 Å². The number of nitriles is 1. The Morgan fingerprint density at radius 3 is 2.67 bits per heavy atom. The van der Waals surface area contributed by atoms with E-state index in [4.69, 9.17) is 5.26 Å². The van der Waals surface area contributed by atoms with E-state index in [1.54, 1.807) is 19.1 Å². The van der Waals surface area contributed by atoms with Gasteiger partial charge in [-0.05, 0) is 24.6 Å². The third-order valence-electron chi connectivity index (χ3n) is 2.63. The largest absolute Gasteiger partial charge is 0.325 e. The molecule has 21 heavy (non-hydrogen) atoms. The number of aryl methyl sites for hydroxylation is 1. The Labute approximate surface area is 129 Å². The summed E-state index contributed by atoms with van der Waals surface area (Å²) in [5.41, 5.74) is 1.03. The minimum Gasteiger partial charge on any atom is -0.325 e. The van der Waals surface area contributed by atoms with E-state index in [0.29, 0.717) is 11.3 Å². The molecule has 0 aliphatic carbocycles. The first-order chi connectivity index (χ1) is 9.78. The predicted molar refractivity (Wildman–Crippen MR) is 83.6 cm³/mol. The van der Waals surface area contributed by atoms with Crippen molar-refractivity contribution < 1.29 is 13.2 Å². The van der Waals surface area contributed by atoms with Gasteiger partial charge < -0.3 is 5.32 Å². The Balaban J connectivity index is 2.93. The van der Waals surface area contributed by atoms with E-state index in [1.165, 1.54) is 31.9 Å². The number of hydrogen-bond acceptors (Lipinski definition) is 5. The van der Waals surface area contributed by atoms with Crippen LogP contribution in [0.5, 0.6) is 0 Å². The molecule has 0 radical (unpaired) electrons. The van der Waals surface area contributed by atoms with Crippen LogP contribution in [0.2, 0.25) is 0 Å². The molecular weight excluding hydrogens is 310 g/mol. The van der Waals surface area contributed by atoms with Gasteiger partial charge in [0.1, 0.15) is 0 Å². The number of nitrogens with zero attached hydrogens (tertiary/aromatic N) is 2. The molecule has 1 N–H and O–H groups in total. The maximum absolute atomic E-state index is 12.2. The molecule has 1 rings (SSSR count).